The van der Waals surface area contributed by atoms with Crippen molar-refractivity contribution in [2.24, 2.45) is 5.92 Å². The van der Waals surface area contributed by atoms with Crippen LogP contribution in [-0.4, -0.2) is 32.9 Å². The molecule has 122 valence electrons. The summed E-state index contributed by atoms with van der Waals surface area (Å²) in [6.07, 6.45) is 8.06. The van der Waals surface area contributed by atoms with E-state index < -0.39 is 0 Å². The van der Waals surface area contributed by atoms with Crippen LogP contribution in [0.2, 0.25) is 0 Å². The standard InChI is InChI=1S/C20H22N4/c1-15-11-23-18(12-22-15)14-24-9-7-16(13-24)10-17-6-8-21-20-5-3-2-4-19(17)20/h2-6,8,11-12,16H,7,9-10,13-14H2,1H3/t16-/m0/s1. The van der Waals surface area contributed by atoms with Gasteiger partial charge in [0.25, 0.3) is 0 Å². The average molecular weight is 318 g/mol. The number of benzene rings is 1. The minimum absolute atomic E-state index is 0.703. The maximum Gasteiger partial charge on any atom is 0.0727 e. The van der Waals surface area contributed by atoms with Gasteiger partial charge in [0.1, 0.15) is 0 Å². The second-order valence-corrected chi connectivity index (χ2v) is 6.73. The fourth-order valence-electron chi connectivity index (χ4n) is 3.60. The van der Waals surface area contributed by atoms with Crippen LogP contribution in [0.5, 0.6) is 0 Å². The summed E-state index contributed by atoms with van der Waals surface area (Å²) >= 11 is 0. The Balaban J connectivity index is 1.42. The molecule has 0 radical (unpaired) electrons. The Morgan fingerprint density at radius 2 is 2.00 bits per heavy atom. The van der Waals surface area contributed by atoms with E-state index in [1.54, 1.807) is 0 Å². The van der Waals surface area contributed by atoms with E-state index in [2.05, 4.69) is 50.2 Å². The SMILES string of the molecule is Cc1cnc(CN2CC[C@@H](Cc3ccnc4ccccc34)C2)cn1. The monoisotopic (exact) mass is 318 g/mol. The van der Waals surface area contributed by atoms with Crippen LogP contribution in [-0.2, 0) is 13.0 Å². The molecule has 3 heterocycles. The maximum atomic E-state index is 4.48. The van der Waals surface area contributed by atoms with E-state index in [1.165, 1.54) is 17.4 Å². The van der Waals surface area contributed by atoms with Gasteiger partial charge < -0.3 is 0 Å². The van der Waals surface area contributed by atoms with Gasteiger partial charge in [0.05, 0.1) is 16.9 Å². The van der Waals surface area contributed by atoms with Crippen LogP contribution < -0.4 is 0 Å². The van der Waals surface area contributed by atoms with Crippen molar-refractivity contribution in [3.8, 4) is 0 Å². The smallest absolute Gasteiger partial charge is 0.0727 e. The van der Waals surface area contributed by atoms with Crippen LogP contribution in [0.4, 0.5) is 0 Å². The van der Waals surface area contributed by atoms with Gasteiger partial charge in [-0.15, -0.1) is 0 Å². The Morgan fingerprint density at radius 1 is 1.08 bits per heavy atom. The molecule has 0 saturated carbocycles. The van der Waals surface area contributed by atoms with E-state index in [4.69, 9.17) is 0 Å². The number of likely N-dealkylation sites (tertiary alicyclic amines) is 1. The molecule has 1 aliphatic rings. The molecule has 0 amide bonds. The molecule has 3 aromatic rings. The topological polar surface area (TPSA) is 41.9 Å². The van der Waals surface area contributed by atoms with Crippen molar-refractivity contribution in [3.63, 3.8) is 0 Å². The fourth-order valence-corrected chi connectivity index (χ4v) is 3.60. The molecule has 1 aliphatic heterocycles. The molecule has 2 aromatic heterocycles. The first-order valence-electron chi connectivity index (χ1n) is 8.60. The number of aryl methyl sites for hydroxylation is 1. The van der Waals surface area contributed by atoms with Crippen LogP contribution in [0, 0.1) is 12.8 Å². The maximum absolute atomic E-state index is 4.48. The molecule has 0 N–H and O–H groups in total. The number of hydrogen-bond donors (Lipinski definition) is 0. The zero-order valence-corrected chi connectivity index (χ0v) is 14.0. The van der Waals surface area contributed by atoms with Crippen LogP contribution in [0.3, 0.4) is 0 Å². The van der Waals surface area contributed by atoms with Gasteiger partial charge in [-0.3, -0.25) is 19.9 Å². The van der Waals surface area contributed by atoms with Gasteiger partial charge >= 0.3 is 0 Å². The minimum atomic E-state index is 0.703. The van der Waals surface area contributed by atoms with Crippen molar-refractivity contribution in [1.29, 1.82) is 0 Å². The molecule has 0 aliphatic carbocycles. The van der Waals surface area contributed by atoms with Crippen molar-refractivity contribution in [1.82, 2.24) is 19.9 Å². The predicted octanol–water partition coefficient (Wildman–Crippen LogP) is 3.40. The molecule has 0 spiro atoms. The number of pyridine rings is 1. The van der Waals surface area contributed by atoms with Gasteiger partial charge in [0.15, 0.2) is 0 Å². The van der Waals surface area contributed by atoms with Crippen LogP contribution in [0.15, 0.2) is 48.9 Å². The summed E-state index contributed by atoms with van der Waals surface area (Å²) in [5.74, 6) is 0.703. The summed E-state index contributed by atoms with van der Waals surface area (Å²) in [6, 6.07) is 10.6. The normalized spacial score (nSPS) is 18.3. The molecule has 4 heteroatoms. The number of fused-ring (bicyclic) bond motifs is 1. The van der Waals surface area contributed by atoms with Gasteiger partial charge in [-0.2, -0.15) is 0 Å². The highest BCUT2D eigenvalue weighted by Gasteiger charge is 2.23. The fraction of sp³-hybridized carbons (Fsp3) is 0.350. The van der Waals surface area contributed by atoms with Gasteiger partial charge in [-0.25, -0.2) is 0 Å². The Labute approximate surface area is 142 Å². The van der Waals surface area contributed by atoms with E-state index in [9.17, 15) is 0 Å². The molecule has 0 bridgehead atoms. The Kier molecular flexibility index (Phi) is 4.22. The van der Waals surface area contributed by atoms with Gasteiger partial charge in [0, 0.05) is 37.1 Å². The molecule has 24 heavy (non-hydrogen) atoms. The first kappa shape index (κ1) is 15.2. The number of nitrogens with zero attached hydrogens (tertiary/aromatic N) is 4. The van der Waals surface area contributed by atoms with Gasteiger partial charge in [-0.1, -0.05) is 18.2 Å². The lowest BCUT2D eigenvalue weighted by Gasteiger charge is -2.16. The third kappa shape index (κ3) is 3.29. The van der Waals surface area contributed by atoms with Crippen molar-refractivity contribution in [2.45, 2.75) is 26.3 Å². The molecule has 1 saturated heterocycles. The number of hydrogen-bond acceptors (Lipinski definition) is 4. The number of aromatic nitrogens is 3. The number of rotatable bonds is 4. The predicted molar refractivity (Wildman–Crippen MR) is 95.6 cm³/mol. The summed E-state index contributed by atoms with van der Waals surface area (Å²) in [7, 11) is 0. The van der Waals surface area contributed by atoms with E-state index in [1.807, 2.05) is 25.5 Å². The molecule has 1 fully saturated rings. The lowest BCUT2D eigenvalue weighted by Crippen LogP contribution is -2.21. The first-order valence-corrected chi connectivity index (χ1v) is 8.60. The van der Waals surface area contributed by atoms with Gasteiger partial charge in [0.2, 0.25) is 0 Å². The molecular weight excluding hydrogens is 296 g/mol. The second-order valence-electron chi connectivity index (χ2n) is 6.73. The number of para-hydroxylation sites is 1. The summed E-state index contributed by atoms with van der Waals surface area (Å²) in [5, 5.41) is 1.29. The zero-order chi connectivity index (χ0) is 16.4. The molecule has 4 rings (SSSR count). The molecular formula is C20H22N4. The lowest BCUT2D eigenvalue weighted by atomic mass is 9.96. The zero-order valence-electron chi connectivity index (χ0n) is 14.0. The summed E-state index contributed by atoms with van der Waals surface area (Å²) in [6.45, 7) is 5.15. The van der Waals surface area contributed by atoms with E-state index in [0.29, 0.717) is 5.92 Å². The van der Waals surface area contributed by atoms with Crippen molar-refractivity contribution >= 4 is 10.9 Å². The molecule has 4 nitrogen and oxygen atoms in total. The summed E-state index contributed by atoms with van der Waals surface area (Å²) < 4.78 is 0. The Morgan fingerprint density at radius 3 is 2.88 bits per heavy atom. The van der Waals surface area contributed by atoms with Crippen molar-refractivity contribution < 1.29 is 0 Å². The highest BCUT2D eigenvalue weighted by atomic mass is 15.2. The first-order chi connectivity index (χ1) is 11.8. The quantitative estimate of drug-likeness (QED) is 0.739. The van der Waals surface area contributed by atoms with Crippen LogP contribution >= 0.6 is 0 Å². The van der Waals surface area contributed by atoms with E-state index >= 15 is 0 Å². The molecule has 1 aromatic carbocycles. The van der Waals surface area contributed by atoms with Crippen LogP contribution in [0.1, 0.15) is 23.4 Å². The second kappa shape index (κ2) is 6.65. The third-order valence-electron chi connectivity index (χ3n) is 4.84. The Hall–Kier alpha value is -2.33. The highest BCUT2D eigenvalue weighted by molar-refractivity contribution is 5.81. The van der Waals surface area contributed by atoms with Crippen LogP contribution in [0.25, 0.3) is 10.9 Å². The molecule has 1 atom stereocenters. The van der Waals surface area contributed by atoms with E-state index in [-0.39, 0.29) is 0 Å². The van der Waals surface area contributed by atoms with Crippen molar-refractivity contribution in [2.75, 3.05) is 13.1 Å². The van der Waals surface area contributed by atoms with Crippen molar-refractivity contribution in [3.05, 3.63) is 65.9 Å². The third-order valence-corrected chi connectivity index (χ3v) is 4.84. The summed E-state index contributed by atoms with van der Waals surface area (Å²) in [4.78, 5) is 15.8. The van der Waals surface area contributed by atoms with E-state index in [0.717, 1.165) is 43.0 Å². The molecule has 0 unspecified atom stereocenters. The lowest BCUT2D eigenvalue weighted by molar-refractivity contribution is 0.312. The minimum Gasteiger partial charge on any atom is -0.297 e. The van der Waals surface area contributed by atoms with Gasteiger partial charge in [-0.05, 0) is 49.9 Å². The Bertz CT molecular complexity index is 823. The average Bonchev–Trinajstić information content (AvgIpc) is 3.04. The largest absolute Gasteiger partial charge is 0.297 e. The highest BCUT2D eigenvalue weighted by Crippen LogP contribution is 2.25. The summed E-state index contributed by atoms with van der Waals surface area (Å²) in [5.41, 5.74) is 4.56.